The number of aliphatic imine (C=N–C) groups is 1. The molecule has 30 heavy (non-hydrogen) atoms. The van der Waals surface area contributed by atoms with Crippen LogP contribution in [-0.2, 0) is 21.1 Å². The second-order valence-corrected chi connectivity index (χ2v) is 10.9. The van der Waals surface area contributed by atoms with E-state index in [1.54, 1.807) is 7.11 Å². The Balaban J connectivity index is 1.50. The van der Waals surface area contributed by atoms with Crippen molar-refractivity contribution in [3.8, 4) is 5.75 Å². The van der Waals surface area contributed by atoms with Crippen LogP contribution >= 0.6 is 11.8 Å². The molecule has 2 atom stereocenters. The first kappa shape index (κ1) is 20.9. The number of anilines is 1. The van der Waals surface area contributed by atoms with Crippen molar-refractivity contribution < 1.29 is 17.9 Å². The van der Waals surface area contributed by atoms with Gasteiger partial charge in [-0.15, -0.1) is 0 Å². The molecule has 6 nitrogen and oxygen atoms in total. The number of carbonyl (C=O) groups is 1. The third-order valence-electron chi connectivity index (χ3n) is 5.34. The summed E-state index contributed by atoms with van der Waals surface area (Å²) < 4.78 is 29.5. The predicted octanol–water partition coefficient (Wildman–Crippen LogP) is 3.32. The normalized spacial score (nSPS) is 23.5. The Kier molecular flexibility index (Phi) is 6.15. The first-order chi connectivity index (χ1) is 14.4. The van der Waals surface area contributed by atoms with E-state index in [0.717, 1.165) is 24.3 Å². The number of nitrogens with zero attached hydrogens (tertiary/aromatic N) is 2. The number of carbonyl (C=O) groups excluding carboxylic acids is 1. The summed E-state index contributed by atoms with van der Waals surface area (Å²) in [6, 6.07) is 17.3. The highest BCUT2D eigenvalue weighted by Crippen LogP contribution is 2.41. The van der Waals surface area contributed by atoms with Crippen LogP contribution in [0.2, 0.25) is 0 Å². The zero-order valence-electron chi connectivity index (χ0n) is 16.7. The molecular formula is C22H24N2O4S2. The SMILES string of the molecule is COc1ccc(N2C(=NC(=O)CCCc3ccccc3)S[C@@H]3CS(=O)(=O)C[C@@H]32)cc1. The van der Waals surface area contributed by atoms with Gasteiger partial charge in [-0.2, -0.15) is 4.99 Å². The zero-order chi connectivity index (χ0) is 21.1. The van der Waals surface area contributed by atoms with Crippen LogP contribution in [0.15, 0.2) is 59.6 Å². The second-order valence-electron chi connectivity index (χ2n) is 7.50. The van der Waals surface area contributed by atoms with Crippen LogP contribution < -0.4 is 9.64 Å². The monoisotopic (exact) mass is 444 g/mol. The summed E-state index contributed by atoms with van der Waals surface area (Å²) >= 11 is 1.40. The van der Waals surface area contributed by atoms with Gasteiger partial charge in [0, 0.05) is 17.4 Å². The van der Waals surface area contributed by atoms with E-state index in [1.165, 1.54) is 17.3 Å². The van der Waals surface area contributed by atoms with Gasteiger partial charge in [0.05, 0.1) is 24.7 Å². The Hall–Kier alpha value is -2.32. The molecule has 0 aliphatic carbocycles. The standard InChI is InChI=1S/C22H24N2O4S2/c1-28-18-12-10-17(11-13-18)24-19-14-30(26,27)15-20(19)29-22(24)23-21(25)9-5-8-16-6-3-2-4-7-16/h2-4,6-7,10-13,19-20H,5,8-9,14-15H2,1H3/t19-,20+/m0/s1. The number of ether oxygens (including phenoxy) is 1. The summed E-state index contributed by atoms with van der Waals surface area (Å²) in [5.41, 5.74) is 2.02. The summed E-state index contributed by atoms with van der Waals surface area (Å²) in [7, 11) is -1.48. The van der Waals surface area contributed by atoms with Crippen LogP contribution in [0.1, 0.15) is 18.4 Å². The molecule has 8 heteroatoms. The molecule has 2 aromatic carbocycles. The lowest BCUT2D eigenvalue weighted by Gasteiger charge is -2.24. The second kappa shape index (κ2) is 8.81. The van der Waals surface area contributed by atoms with E-state index >= 15 is 0 Å². The van der Waals surface area contributed by atoms with Crippen molar-refractivity contribution in [3.05, 3.63) is 60.2 Å². The smallest absolute Gasteiger partial charge is 0.248 e. The van der Waals surface area contributed by atoms with Gasteiger partial charge in [0.25, 0.3) is 0 Å². The molecule has 1 amide bonds. The number of benzene rings is 2. The van der Waals surface area contributed by atoms with Crippen LogP contribution in [-0.4, -0.2) is 49.4 Å². The highest BCUT2D eigenvalue weighted by atomic mass is 32.2. The van der Waals surface area contributed by atoms with Crippen molar-refractivity contribution in [2.45, 2.75) is 30.6 Å². The fraction of sp³-hybridized carbons (Fsp3) is 0.364. The summed E-state index contributed by atoms with van der Waals surface area (Å²) in [5, 5.41) is 0.489. The number of thioether (sulfide) groups is 1. The Morgan fingerprint density at radius 1 is 1.13 bits per heavy atom. The molecule has 2 fully saturated rings. The average Bonchev–Trinajstić information content (AvgIpc) is 3.19. The molecule has 0 radical (unpaired) electrons. The summed E-state index contributed by atoms with van der Waals surface area (Å²) in [4.78, 5) is 18.8. The lowest BCUT2D eigenvalue weighted by Crippen LogP contribution is -2.37. The van der Waals surface area contributed by atoms with Gasteiger partial charge in [0.2, 0.25) is 5.91 Å². The molecule has 0 spiro atoms. The van der Waals surface area contributed by atoms with Gasteiger partial charge in [0.15, 0.2) is 15.0 Å². The molecule has 2 aliphatic heterocycles. The Labute approximate surface area is 181 Å². The van der Waals surface area contributed by atoms with Crippen LogP contribution in [0.3, 0.4) is 0 Å². The number of methoxy groups -OCH3 is 1. The lowest BCUT2D eigenvalue weighted by molar-refractivity contribution is -0.117. The molecule has 0 saturated carbocycles. The molecule has 0 bridgehead atoms. The number of amidine groups is 1. The average molecular weight is 445 g/mol. The highest BCUT2D eigenvalue weighted by Gasteiger charge is 2.49. The summed E-state index contributed by atoms with van der Waals surface area (Å²) in [6.07, 6.45) is 1.92. The van der Waals surface area contributed by atoms with E-state index < -0.39 is 9.84 Å². The van der Waals surface area contributed by atoms with Crippen molar-refractivity contribution in [1.29, 1.82) is 0 Å². The number of fused-ring (bicyclic) bond motifs is 1. The van der Waals surface area contributed by atoms with Crippen molar-refractivity contribution in [2.24, 2.45) is 4.99 Å². The van der Waals surface area contributed by atoms with Crippen molar-refractivity contribution in [1.82, 2.24) is 0 Å². The van der Waals surface area contributed by atoms with Gasteiger partial charge in [-0.25, -0.2) is 8.42 Å². The van der Waals surface area contributed by atoms with Crippen LogP contribution in [0.5, 0.6) is 5.75 Å². The number of sulfone groups is 1. The molecule has 2 saturated heterocycles. The molecule has 2 aliphatic rings. The summed E-state index contributed by atoms with van der Waals surface area (Å²) in [5.74, 6) is 0.750. The summed E-state index contributed by atoms with van der Waals surface area (Å²) in [6.45, 7) is 0. The zero-order valence-corrected chi connectivity index (χ0v) is 18.4. The van der Waals surface area contributed by atoms with E-state index in [4.69, 9.17) is 4.74 Å². The van der Waals surface area contributed by atoms with Gasteiger partial charge in [-0.05, 0) is 42.7 Å². The third-order valence-corrected chi connectivity index (χ3v) is 8.55. The molecule has 0 N–H and O–H groups in total. The maximum absolute atomic E-state index is 12.5. The fourth-order valence-corrected chi connectivity index (χ4v) is 7.79. The van der Waals surface area contributed by atoms with Crippen LogP contribution in [0.4, 0.5) is 5.69 Å². The number of amides is 1. The van der Waals surface area contributed by atoms with E-state index in [9.17, 15) is 13.2 Å². The minimum Gasteiger partial charge on any atom is -0.497 e. The van der Waals surface area contributed by atoms with Crippen molar-refractivity contribution in [2.75, 3.05) is 23.5 Å². The molecule has 158 valence electrons. The Morgan fingerprint density at radius 3 is 2.57 bits per heavy atom. The first-order valence-corrected chi connectivity index (χ1v) is 12.6. The lowest BCUT2D eigenvalue weighted by atomic mass is 10.1. The minimum atomic E-state index is -3.08. The van der Waals surface area contributed by atoms with Gasteiger partial charge in [-0.1, -0.05) is 42.1 Å². The topological polar surface area (TPSA) is 76.0 Å². The fourth-order valence-electron chi connectivity index (χ4n) is 3.86. The van der Waals surface area contributed by atoms with Crippen LogP contribution in [0.25, 0.3) is 0 Å². The maximum atomic E-state index is 12.5. The van der Waals surface area contributed by atoms with Crippen LogP contribution in [0, 0.1) is 0 Å². The number of aryl methyl sites for hydroxylation is 1. The highest BCUT2D eigenvalue weighted by molar-refractivity contribution is 8.16. The minimum absolute atomic E-state index is 0.0813. The van der Waals surface area contributed by atoms with E-state index in [-0.39, 0.29) is 28.7 Å². The van der Waals surface area contributed by atoms with Crippen molar-refractivity contribution in [3.63, 3.8) is 0 Å². The first-order valence-electron chi connectivity index (χ1n) is 9.91. The molecule has 0 unspecified atom stereocenters. The molecule has 4 rings (SSSR count). The molecule has 2 aromatic rings. The van der Waals surface area contributed by atoms with Gasteiger partial charge in [0.1, 0.15) is 5.75 Å². The van der Waals surface area contributed by atoms with Gasteiger partial charge in [-0.3, -0.25) is 4.79 Å². The number of hydrogen-bond acceptors (Lipinski definition) is 5. The molecule has 0 aromatic heterocycles. The van der Waals surface area contributed by atoms with Gasteiger partial charge < -0.3 is 9.64 Å². The van der Waals surface area contributed by atoms with Gasteiger partial charge >= 0.3 is 0 Å². The van der Waals surface area contributed by atoms with E-state index in [2.05, 4.69) is 17.1 Å². The predicted molar refractivity (Wildman–Crippen MR) is 121 cm³/mol. The quantitative estimate of drug-likeness (QED) is 0.680. The molecular weight excluding hydrogens is 420 g/mol. The van der Waals surface area contributed by atoms with E-state index in [0.29, 0.717) is 11.6 Å². The third kappa shape index (κ3) is 4.70. The Morgan fingerprint density at radius 2 is 1.87 bits per heavy atom. The Bertz CT molecular complexity index is 1040. The number of hydrogen-bond donors (Lipinski definition) is 0. The van der Waals surface area contributed by atoms with E-state index in [1.807, 2.05) is 47.4 Å². The maximum Gasteiger partial charge on any atom is 0.248 e. The van der Waals surface area contributed by atoms with Crippen molar-refractivity contribution >= 4 is 38.4 Å². The largest absolute Gasteiger partial charge is 0.497 e. The molecule has 2 heterocycles. The number of rotatable bonds is 6.